The second-order valence-corrected chi connectivity index (χ2v) is 17.4. The molecule has 0 radical (unpaired) electrons. The van der Waals surface area contributed by atoms with Crippen molar-refractivity contribution in [2.75, 3.05) is 34.5 Å². The number of pyridine rings is 1. The highest BCUT2D eigenvalue weighted by molar-refractivity contribution is 6.36. The number of carbonyl (C=O) groups is 4. The predicted octanol–water partition coefficient (Wildman–Crippen LogP) is 5.98. The zero-order chi connectivity index (χ0) is 39.8. The van der Waals surface area contributed by atoms with Crippen LogP contribution in [0.1, 0.15) is 94.2 Å². The van der Waals surface area contributed by atoms with Gasteiger partial charge in [0.15, 0.2) is 6.29 Å². The summed E-state index contributed by atoms with van der Waals surface area (Å²) in [5.41, 5.74) is 1.44. The van der Waals surface area contributed by atoms with Gasteiger partial charge in [-0.05, 0) is 112 Å². The monoisotopic (exact) mass is 806 g/mol. The minimum Gasteiger partial charge on any atom is -0.487 e. The van der Waals surface area contributed by atoms with Gasteiger partial charge in [0.2, 0.25) is 11.8 Å². The molecule has 2 aromatic rings. The van der Waals surface area contributed by atoms with E-state index in [4.69, 9.17) is 40.3 Å². The molecule has 0 spiro atoms. The Hall–Kier alpha value is -3.94. The Morgan fingerprint density at radius 1 is 1.04 bits per heavy atom. The van der Waals surface area contributed by atoms with Gasteiger partial charge in [0.1, 0.15) is 41.1 Å². The van der Waals surface area contributed by atoms with Crippen LogP contribution in [0.4, 0.5) is 4.79 Å². The van der Waals surface area contributed by atoms with Crippen LogP contribution in [0.2, 0.25) is 5.02 Å². The molecule has 7 atom stereocenters. The summed E-state index contributed by atoms with van der Waals surface area (Å²) in [5.74, 6) is 0.571. The topological polar surface area (TPSA) is 155 Å². The number of hydrogen-bond acceptors (Lipinski definition) is 10. The molecule has 1 aromatic carbocycles. The van der Waals surface area contributed by atoms with Crippen molar-refractivity contribution in [2.24, 2.45) is 23.7 Å². The van der Waals surface area contributed by atoms with E-state index in [0.29, 0.717) is 59.7 Å². The van der Waals surface area contributed by atoms with Gasteiger partial charge >= 0.3 is 12.1 Å². The number of benzene rings is 1. The first kappa shape index (κ1) is 39.9. The smallest absolute Gasteiger partial charge is 0.408 e. The third-order valence-corrected chi connectivity index (χ3v) is 13.4. The SMILES string of the molecule is COC(=O)[C@@]12C[C@H]1/C=C\CCCCC[C@H](NC(=O)OC1CC3CC3C1)C(=O)N1C[C@@H](Cc3cc(C4CC4)nc4c(Cl)c(OCC(OC)OC)ccc34)C[C@H]1C(=O)N2. The molecule has 5 fully saturated rings. The van der Waals surface area contributed by atoms with Crippen LogP contribution in [0.3, 0.4) is 0 Å². The number of amides is 3. The number of methoxy groups -OCH3 is 3. The zero-order valence-corrected chi connectivity index (χ0v) is 33.9. The van der Waals surface area contributed by atoms with Crippen LogP contribution in [0.5, 0.6) is 5.75 Å². The Kier molecular flexibility index (Phi) is 11.7. The van der Waals surface area contributed by atoms with Gasteiger partial charge in [-0.15, -0.1) is 0 Å². The van der Waals surface area contributed by atoms with E-state index in [1.807, 2.05) is 18.2 Å². The van der Waals surface area contributed by atoms with E-state index >= 15 is 0 Å². The summed E-state index contributed by atoms with van der Waals surface area (Å²) in [5, 5.41) is 7.24. The lowest BCUT2D eigenvalue weighted by molar-refractivity contribution is -0.148. The van der Waals surface area contributed by atoms with Gasteiger partial charge in [-0.2, -0.15) is 0 Å². The highest BCUT2D eigenvalue weighted by Crippen LogP contribution is 2.52. The van der Waals surface area contributed by atoms with Crippen LogP contribution >= 0.6 is 11.6 Å². The molecule has 13 nitrogen and oxygen atoms in total. The molecule has 1 aromatic heterocycles. The number of halogens is 1. The number of carbonyl (C=O) groups excluding carboxylic acids is 4. The van der Waals surface area contributed by atoms with Crippen LogP contribution in [-0.4, -0.2) is 98.3 Å². The molecule has 4 aliphatic carbocycles. The number of ether oxygens (including phenoxy) is 5. The molecule has 4 saturated carbocycles. The fourth-order valence-corrected chi connectivity index (χ4v) is 9.75. The predicted molar refractivity (Wildman–Crippen MR) is 211 cm³/mol. The quantitative estimate of drug-likeness (QED) is 0.157. The maximum Gasteiger partial charge on any atom is 0.408 e. The lowest BCUT2D eigenvalue weighted by Gasteiger charge is -2.30. The van der Waals surface area contributed by atoms with E-state index in [1.54, 1.807) is 19.1 Å². The Morgan fingerprint density at radius 3 is 2.56 bits per heavy atom. The average molecular weight is 807 g/mol. The molecular formula is C43H55ClN4O9. The van der Waals surface area contributed by atoms with Crippen LogP contribution in [-0.2, 0) is 39.8 Å². The minimum absolute atomic E-state index is 0.123. The Labute approximate surface area is 338 Å². The fraction of sp³-hybridized carbons (Fsp3) is 0.651. The van der Waals surface area contributed by atoms with E-state index < -0.39 is 41.9 Å². The number of alkyl carbamates (subject to hydrolysis) is 1. The molecule has 2 N–H and O–H groups in total. The molecular weight excluding hydrogens is 752 g/mol. The van der Waals surface area contributed by atoms with Crippen LogP contribution in [0, 0.1) is 23.7 Å². The van der Waals surface area contributed by atoms with Crippen molar-refractivity contribution in [1.82, 2.24) is 20.5 Å². The van der Waals surface area contributed by atoms with Crippen molar-refractivity contribution in [3.8, 4) is 5.75 Å². The van der Waals surface area contributed by atoms with Crippen molar-refractivity contribution < 1.29 is 42.9 Å². The van der Waals surface area contributed by atoms with Gasteiger partial charge in [-0.1, -0.05) is 36.6 Å². The first-order valence-electron chi connectivity index (χ1n) is 20.8. The number of rotatable bonds is 11. The maximum atomic E-state index is 14.7. The van der Waals surface area contributed by atoms with Gasteiger partial charge in [0.25, 0.3) is 0 Å². The molecule has 57 heavy (non-hydrogen) atoms. The lowest BCUT2D eigenvalue weighted by atomic mass is 9.93. The number of nitrogens with zero attached hydrogens (tertiary/aromatic N) is 2. The standard InChI is InChI=1S/C43H55ClN4O9/c1-53-36(54-2)23-56-35-14-13-31-28(20-33(25-11-12-25)45-38(31)37(35)44)15-24-16-34-39(49)47-43(41(51)55-3)21-29(43)9-7-5-4-6-8-10-32(40(50)48(34)22-24)46-42(52)57-30-18-26-17-27(26)19-30/h7,9,13-14,20,24-27,29-30,32,34,36H,4-6,8,10-12,15-19,21-23H2,1-3H3,(H,46,52)(H,47,49)/b9-7-/t24-,26?,27?,29+,30?,32-,34-,43+/m0/s1. The number of aromatic nitrogens is 1. The van der Waals surface area contributed by atoms with Crippen molar-refractivity contribution in [3.05, 3.63) is 46.6 Å². The molecule has 2 aliphatic heterocycles. The molecule has 3 amide bonds. The summed E-state index contributed by atoms with van der Waals surface area (Å²) in [6.45, 7) is 0.434. The molecule has 8 rings (SSSR count). The van der Waals surface area contributed by atoms with E-state index in [-0.39, 0.29) is 37.0 Å². The first-order chi connectivity index (χ1) is 27.6. The second-order valence-electron chi connectivity index (χ2n) is 17.1. The van der Waals surface area contributed by atoms with Gasteiger partial charge in [-0.25, -0.2) is 9.59 Å². The highest BCUT2D eigenvalue weighted by atomic mass is 35.5. The van der Waals surface area contributed by atoms with Gasteiger partial charge in [-0.3, -0.25) is 14.6 Å². The highest BCUT2D eigenvalue weighted by Gasteiger charge is 2.62. The van der Waals surface area contributed by atoms with Crippen LogP contribution in [0.15, 0.2) is 30.4 Å². The Balaban J connectivity index is 1.07. The summed E-state index contributed by atoms with van der Waals surface area (Å²) >= 11 is 6.99. The number of nitrogens with one attached hydrogen (secondary N) is 2. The largest absolute Gasteiger partial charge is 0.487 e. The molecule has 308 valence electrons. The van der Waals surface area contributed by atoms with E-state index in [2.05, 4.69) is 22.8 Å². The van der Waals surface area contributed by atoms with Gasteiger partial charge in [0, 0.05) is 43.7 Å². The number of allylic oxidation sites excluding steroid dienone is 1. The number of esters is 1. The van der Waals surface area contributed by atoms with E-state index in [9.17, 15) is 19.2 Å². The molecule has 2 unspecified atom stereocenters. The van der Waals surface area contributed by atoms with Gasteiger partial charge < -0.3 is 39.2 Å². The number of fused-ring (bicyclic) bond motifs is 4. The van der Waals surface area contributed by atoms with Crippen molar-refractivity contribution in [2.45, 2.75) is 119 Å². The molecule has 14 heteroatoms. The summed E-state index contributed by atoms with van der Waals surface area (Å²) in [4.78, 5) is 62.3. The summed E-state index contributed by atoms with van der Waals surface area (Å²) in [7, 11) is 4.42. The van der Waals surface area contributed by atoms with E-state index in [0.717, 1.165) is 68.0 Å². The first-order valence-corrected chi connectivity index (χ1v) is 21.1. The second kappa shape index (κ2) is 16.7. The van der Waals surface area contributed by atoms with Crippen molar-refractivity contribution >= 4 is 46.4 Å². The van der Waals surface area contributed by atoms with Crippen LogP contribution < -0.4 is 15.4 Å². The Morgan fingerprint density at radius 2 is 1.82 bits per heavy atom. The summed E-state index contributed by atoms with van der Waals surface area (Å²) in [6, 6.07) is 4.19. The normalized spacial score (nSPS) is 31.7. The molecule has 1 saturated heterocycles. The van der Waals surface area contributed by atoms with Crippen molar-refractivity contribution in [1.29, 1.82) is 0 Å². The fourth-order valence-electron chi connectivity index (χ4n) is 9.49. The third-order valence-electron chi connectivity index (χ3n) is 13.1. The minimum atomic E-state index is -1.18. The van der Waals surface area contributed by atoms with Crippen LogP contribution in [0.25, 0.3) is 10.9 Å². The molecule has 6 aliphatic rings. The lowest BCUT2D eigenvalue weighted by Crippen LogP contribution is -2.56. The third kappa shape index (κ3) is 8.61. The summed E-state index contributed by atoms with van der Waals surface area (Å²) in [6.07, 6.45) is 12.9. The van der Waals surface area contributed by atoms with E-state index in [1.165, 1.54) is 13.5 Å². The van der Waals surface area contributed by atoms with Crippen molar-refractivity contribution in [3.63, 3.8) is 0 Å². The average Bonchev–Trinajstić information content (AvgIpc) is 4.17. The Bertz CT molecular complexity index is 1890. The maximum absolute atomic E-state index is 14.7. The molecule has 0 bridgehead atoms. The summed E-state index contributed by atoms with van der Waals surface area (Å²) < 4.78 is 27.6. The van der Waals surface area contributed by atoms with Gasteiger partial charge in [0.05, 0.1) is 12.6 Å². The zero-order valence-electron chi connectivity index (χ0n) is 33.1. The number of hydrogen-bond donors (Lipinski definition) is 2. The molecule has 3 heterocycles.